The van der Waals surface area contributed by atoms with Crippen LogP contribution in [0.4, 0.5) is 5.69 Å². The second-order valence-electron chi connectivity index (χ2n) is 4.08. The molecule has 0 radical (unpaired) electrons. The van der Waals surface area contributed by atoms with Crippen LogP contribution in [0.2, 0.25) is 0 Å². The van der Waals surface area contributed by atoms with Gasteiger partial charge in [0.05, 0.1) is 13.9 Å². The number of hydrogen-bond acceptors (Lipinski definition) is 3. The molecule has 2 aromatic rings. The van der Waals surface area contributed by atoms with E-state index in [4.69, 9.17) is 0 Å². The summed E-state index contributed by atoms with van der Waals surface area (Å²) in [6.45, 7) is 0.110. The monoisotopic (exact) mass is 434 g/mol. The fourth-order valence-corrected chi connectivity index (χ4v) is 3.03. The van der Waals surface area contributed by atoms with Gasteiger partial charge in [0.1, 0.15) is 0 Å². The molecule has 1 aromatic heterocycles. The van der Waals surface area contributed by atoms with Gasteiger partial charge in [0, 0.05) is 17.7 Å². The van der Waals surface area contributed by atoms with E-state index >= 15 is 0 Å². The molecule has 0 spiro atoms. The van der Waals surface area contributed by atoms with Crippen molar-refractivity contribution in [2.45, 2.75) is 6.54 Å². The Morgan fingerprint density at radius 3 is 2.38 bits per heavy atom. The number of nitro benzene ring substituents is 1. The molecule has 2 rings (SSSR count). The van der Waals surface area contributed by atoms with Gasteiger partial charge in [0.25, 0.3) is 5.69 Å². The van der Waals surface area contributed by atoms with Crippen molar-refractivity contribution < 1.29 is 26.7 Å². The van der Waals surface area contributed by atoms with Crippen LogP contribution >= 0.6 is 31.9 Å². The SMILES string of the molecule is O=C(C[n+]1cc(Br)cc(Br)c1)c1cccc([N+](=O)[O-])c1.[Cl-]. The number of halogens is 3. The van der Waals surface area contributed by atoms with Crippen molar-refractivity contribution in [2.75, 3.05) is 0 Å². The molecule has 0 saturated carbocycles. The average molecular weight is 436 g/mol. The van der Waals surface area contributed by atoms with Crippen LogP contribution < -0.4 is 17.0 Å². The quantitative estimate of drug-likeness (QED) is 0.300. The first-order chi connectivity index (χ1) is 9.45. The van der Waals surface area contributed by atoms with E-state index in [-0.39, 0.29) is 30.4 Å². The van der Waals surface area contributed by atoms with Gasteiger partial charge < -0.3 is 12.4 Å². The van der Waals surface area contributed by atoms with Crippen LogP contribution in [0.15, 0.2) is 51.7 Å². The number of Topliss-reactive ketones (excluding diaryl/α,β-unsaturated/α-hetero) is 1. The Balaban J connectivity index is 0.00000220. The van der Waals surface area contributed by atoms with Gasteiger partial charge in [0.2, 0.25) is 12.3 Å². The van der Waals surface area contributed by atoms with Crippen LogP contribution in [0.25, 0.3) is 0 Å². The topological polar surface area (TPSA) is 64.1 Å². The zero-order valence-corrected chi connectivity index (χ0v) is 14.4. The molecule has 0 saturated heterocycles. The average Bonchev–Trinajstić information content (AvgIpc) is 2.37. The van der Waals surface area contributed by atoms with Crippen LogP contribution in [0.1, 0.15) is 10.4 Å². The highest BCUT2D eigenvalue weighted by Gasteiger charge is 2.16. The highest BCUT2D eigenvalue weighted by molar-refractivity contribution is 9.11. The van der Waals surface area contributed by atoms with E-state index in [9.17, 15) is 14.9 Å². The van der Waals surface area contributed by atoms with Crippen LogP contribution in [0.3, 0.4) is 0 Å². The second-order valence-corrected chi connectivity index (χ2v) is 5.91. The number of hydrogen-bond donors (Lipinski definition) is 0. The minimum absolute atomic E-state index is 0. The third kappa shape index (κ3) is 4.87. The molecule has 110 valence electrons. The van der Waals surface area contributed by atoms with E-state index in [1.54, 1.807) is 23.0 Å². The number of pyridine rings is 1. The Bertz CT molecular complexity index is 675. The molecule has 0 bridgehead atoms. The van der Waals surface area contributed by atoms with Crippen LogP contribution in [0.5, 0.6) is 0 Å². The normalized spacial score (nSPS) is 9.81. The molecule has 1 heterocycles. The van der Waals surface area contributed by atoms with Crippen molar-refractivity contribution >= 4 is 43.3 Å². The van der Waals surface area contributed by atoms with Gasteiger partial charge >= 0.3 is 0 Å². The maximum absolute atomic E-state index is 12.1. The summed E-state index contributed by atoms with van der Waals surface area (Å²) < 4.78 is 3.37. The first-order valence-electron chi connectivity index (χ1n) is 5.58. The minimum atomic E-state index is -0.514. The second kappa shape index (κ2) is 7.63. The van der Waals surface area contributed by atoms with Crippen molar-refractivity contribution in [3.63, 3.8) is 0 Å². The molecule has 1 aromatic carbocycles. The number of benzene rings is 1. The molecular weight excluding hydrogens is 427 g/mol. The highest BCUT2D eigenvalue weighted by Crippen LogP contribution is 2.15. The van der Waals surface area contributed by atoms with Gasteiger partial charge in [-0.25, -0.2) is 0 Å². The van der Waals surface area contributed by atoms with E-state index in [0.717, 1.165) is 8.95 Å². The summed E-state index contributed by atoms with van der Waals surface area (Å²) in [5.74, 6) is -0.191. The third-order valence-corrected chi connectivity index (χ3v) is 3.43. The van der Waals surface area contributed by atoms with Gasteiger partial charge in [-0.15, -0.1) is 0 Å². The van der Waals surface area contributed by atoms with Crippen molar-refractivity contribution in [2.24, 2.45) is 0 Å². The van der Waals surface area contributed by atoms with Crippen LogP contribution in [0, 0.1) is 10.1 Å². The smallest absolute Gasteiger partial charge is 0.270 e. The van der Waals surface area contributed by atoms with Crippen molar-refractivity contribution in [3.8, 4) is 0 Å². The van der Waals surface area contributed by atoms with Crippen molar-refractivity contribution in [1.29, 1.82) is 0 Å². The van der Waals surface area contributed by atoms with E-state index in [1.165, 1.54) is 18.2 Å². The lowest BCUT2D eigenvalue weighted by atomic mass is 10.1. The van der Waals surface area contributed by atoms with Gasteiger partial charge in [-0.1, -0.05) is 12.1 Å². The number of ketones is 1. The van der Waals surface area contributed by atoms with Crippen LogP contribution in [-0.2, 0) is 6.54 Å². The van der Waals surface area contributed by atoms with E-state index in [0.29, 0.717) is 5.56 Å². The summed E-state index contributed by atoms with van der Waals surface area (Å²) in [7, 11) is 0. The molecule has 8 heteroatoms. The molecule has 0 N–H and O–H groups in total. The molecule has 0 aliphatic rings. The van der Waals surface area contributed by atoms with E-state index < -0.39 is 4.92 Å². The maximum Gasteiger partial charge on any atom is 0.270 e. The molecule has 0 fully saturated rings. The van der Waals surface area contributed by atoms with Crippen LogP contribution in [-0.4, -0.2) is 10.7 Å². The molecular formula is C13H9Br2ClN2O3. The summed E-state index contributed by atoms with van der Waals surface area (Å²) in [6.07, 6.45) is 3.53. The largest absolute Gasteiger partial charge is 1.00 e. The number of non-ortho nitro benzene ring substituents is 1. The summed E-state index contributed by atoms with van der Waals surface area (Å²) in [5, 5.41) is 10.7. The van der Waals surface area contributed by atoms with Gasteiger partial charge in [-0.05, 0) is 37.9 Å². The maximum atomic E-state index is 12.1. The number of rotatable bonds is 4. The number of nitrogens with zero attached hydrogens (tertiary/aromatic N) is 2. The summed E-state index contributed by atoms with van der Waals surface area (Å²) in [6, 6.07) is 7.58. The third-order valence-electron chi connectivity index (χ3n) is 2.56. The Morgan fingerprint density at radius 1 is 1.19 bits per heavy atom. The lowest BCUT2D eigenvalue weighted by Crippen LogP contribution is -3.00. The molecule has 21 heavy (non-hydrogen) atoms. The van der Waals surface area contributed by atoms with Gasteiger partial charge in [-0.3, -0.25) is 14.9 Å². The predicted octanol–water partition coefficient (Wildman–Crippen LogP) is 0.294. The van der Waals surface area contributed by atoms with Crippen molar-refractivity contribution in [3.05, 3.63) is 67.3 Å². The molecule has 0 aliphatic carbocycles. The molecule has 0 aliphatic heterocycles. The molecule has 0 unspecified atom stereocenters. The Morgan fingerprint density at radius 2 is 1.81 bits per heavy atom. The summed E-state index contributed by atoms with van der Waals surface area (Å²) in [4.78, 5) is 22.3. The zero-order chi connectivity index (χ0) is 14.7. The first-order valence-corrected chi connectivity index (χ1v) is 7.17. The van der Waals surface area contributed by atoms with Gasteiger partial charge in [-0.2, -0.15) is 4.57 Å². The number of carbonyl (C=O) groups is 1. The lowest BCUT2D eigenvalue weighted by molar-refractivity contribution is -0.684. The number of nitro groups is 1. The predicted molar refractivity (Wildman–Crippen MR) is 79.5 cm³/mol. The minimum Gasteiger partial charge on any atom is -1.00 e. The molecule has 0 atom stereocenters. The van der Waals surface area contributed by atoms with E-state index in [1.807, 2.05) is 6.07 Å². The Kier molecular flexibility index (Phi) is 6.44. The standard InChI is InChI=1S/C13H9Br2N2O3.ClH/c14-10-5-11(15)7-16(6-10)8-13(18)9-2-1-3-12(4-9)17(19)20;/h1-7H,8H2;1H/q+1;/p-1. The fourth-order valence-electron chi connectivity index (χ4n) is 1.70. The van der Waals surface area contributed by atoms with E-state index in [2.05, 4.69) is 31.9 Å². The fraction of sp³-hybridized carbons (Fsp3) is 0.0769. The number of aromatic nitrogens is 1. The van der Waals surface area contributed by atoms with Crippen molar-refractivity contribution in [1.82, 2.24) is 0 Å². The Labute approximate surface area is 143 Å². The molecule has 0 amide bonds. The highest BCUT2D eigenvalue weighted by atomic mass is 79.9. The first kappa shape index (κ1) is 17.7. The zero-order valence-electron chi connectivity index (χ0n) is 10.5. The lowest BCUT2D eigenvalue weighted by Gasteiger charge is -2.00. The summed E-state index contributed by atoms with van der Waals surface area (Å²) in [5.41, 5.74) is 0.235. The Hall–Kier alpha value is -1.31. The number of carbonyl (C=O) groups excluding carboxylic acids is 1. The summed E-state index contributed by atoms with van der Waals surface area (Å²) >= 11 is 6.68. The van der Waals surface area contributed by atoms with Gasteiger partial charge in [0.15, 0.2) is 12.4 Å². The molecule has 5 nitrogen and oxygen atoms in total.